The fraction of sp³-hybridized carbons (Fsp3) is 0.429. The van der Waals surface area contributed by atoms with Gasteiger partial charge in [0, 0.05) is 13.3 Å². The second kappa shape index (κ2) is 17.5. The van der Waals surface area contributed by atoms with E-state index in [1.807, 2.05) is 91.0 Å². The van der Waals surface area contributed by atoms with Crippen LogP contribution in [0.25, 0.3) is 0 Å². The number of alkyl halides is 2. The first kappa shape index (κ1) is 35.5. The zero-order chi connectivity index (χ0) is 32.9. The second-order valence-corrected chi connectivity index (χ2v) is 11.7. The van der Waals surface area contributed by atoms with Crippen molar-refractivity contribution in [1.82, 2.24) is 5.32 Å². The van der Waals surface area contributed by atoms with Gasteiger partial charge in [-0.2, -0.15) is 12.6 Å². The summed E-state index contributed by atoms with van der Waals surface area (Å²) in [6, 6.07) is 26.7. The number of hydrogen-bond acceptors (Lipinski definition) is 8. The number of rotatable bonds is 16. The molecule has 6 unspecified atom stereocenters. The molecule has 1 N–H and O–H groups in total. The zero-order valence-electron chi connectivity index (χ0n) is 25.9. The van der Waals surface area contributed by atoms with Gasteiger partial charge in [0.15, 0.2) is 0 Å². The van der Waals surface area contributed by atoms with Crippen molar-refractivity contribution in [2.24, 2.45) is 0 Å². The minimum absolute atomic E-state index is 0.0204. The number of amides is 1. The molecule has 11 heteroatoms. The van der Waals surface area contributed by atoms with E-state index in [4.69, 9.17) is 23.7 Å². The summed E-state index contributed by atoms with van der Waals surface area (Å²) in [7, 11) is 0. The SMILES string of the molecule is CCOC(=O)C(S)CC(F)(F)C1OC(COCc2ccccc2)C(OCc2ccccc2)C(OCc2ccccc2)C1NC(C)=O. The Balaban J connectivity index is 1.69. The summed E-state index contributed by atoms with van der Waals surface area (Å²) in [5, 5.41) is 1.22. The maximum absolute atomic E-state index is 16.3. The predicted molar refractivity (Wildman–Crippen MR) is 171 cm³/mol. The Bertz CT molecular complexity index is 1350. The predicted octanol–water partition coefficient (Wildman–Crippen LogP) is 5.53. The maximum atomic E-state index is 16.3. The molecule has 1 fully saturated rings. The molecule has 248 valence electrons. The number of hydrogen-bond donors (Lipinski definition) is 2. The van der Waals surface area contributed by atoms with E-state index in [1.54, 1.807) is 6.92 Å². The fourth-order valence-corrected chi connectivity index (χ4v) is 5.64. The van der Waals surface area contributed by atoms with Crippen molar-refractivity contribution in [1.29, 1.82) is 0 Å². The molecule has 4 rings (SSSR count). The van der Waals surface area contributed by atoms with Crippen LogP contribution in [0, 0.1) is 0 Å². The van der Waals surface area contributed by atoms with Crippen LogP contribution < -0.4 is 5.32 Å². The fourth-order valence-electron chi connectivity index (χ4n) is 5.32. The van der Waals surface area contributed by atoms with Crippen molar-refractivity contribution in [3.63, 3.8) is 0 Å². The molecule has 1 amide bonds. The molecule has 0 saturated carbocycles. The van der Waals surface area contributed by atoms with Gasteiger partial charge in [-0.1, -0.05) is 91.0 Å². The maximum Gasteiger partial charge on any atom is 0.319 e. The standard InChI is InChI=1S/C35H41F2NO7S/c1-3-42-34(40)29(46)19-35(36,37)33-30(38-24(2)39)32(44-22-27-17-11-6-12-18-27)31(43-21-26-15-9-5-10-16-26)28(45-33)23-41-20-25-13-7-4-8-14-25/h4-18,28-33,46H,3,19-23H2,1-2H3,(H,38,39). The van der Waals surface area contributed by atoms with Gasteiger partial charge >= 0.3 is 5.97 Å². The van der Waals surface area contributed by atoms with Crippen LogP contribution in [0.5, 0.6) is 0 Å². The highest BCUT2D eigenvalue weighted by Gasteiger charge is 2.57. The van der Waals surface area contributed by atoms with Crippen LogP contribution in [-0.4, -0.2) is 66.7 Å². The Labute approximate surface area is 274 Å². The van der Waals surface area contributed by atoms with Crippen LogP contribution in [0.3, 0.4) is 0 Å². The first-order chi connectivity index (χ1) is 22.2. The lowest BCUT2D eigenvalue weighted by molar-refractivity contribution is -0.274. The molecule has 1 saturated heterocycles. The summed E-state index contributed by atoms with van der Waals surface area (Å²) in [5.74, 6) is -5.08. The molecular weight excluding hydrogens is 616 g/mol. The molecule has 0 spiro atoms. The topological polar surface area (TPSA) is 92.3 Å². The number of halogens is 2. The van der Waals surface area contributed by atoms with E-state index < -0.39 is 59.9 Å². The Kier molecular flexibility index (Phi) is 13.5. The highest BCUT2D eigenvalue weighted by molar-refractivity contribution is 7.81. The average molecular weight is 658 g/mol. The monoisotopic (exact) mass is 657 g/mol. The minimum atomic E-state index is -3.65. The van der Waals surface area contributed by atoms with Gasteiger partial charge in [-0.25, -0.2) is 8.78 Å². The van der Waals surface area contributed by atoms with E-state index in [-0.39, 0.29) is 33.0 Å². The number of ether oxygens (including phenoxy) is 5. The summed E-state index contributed by atoms with van der Waals surface area (Å²) in [4.78, 5) is 24.8. The van der Waals surface area contributed by atoms with E-state index in [9.17, 15) is 9.59 Å². The molecule has 1 aliphatic rings. The zero-order valence-corrected chi connectivity index (χ0v) is 26.8. The Morgan fingerprint density at radius 2 is 1.35 bits per heavy atom. The van der Waals surface area contributed by atoms with Gasteiger partial charge in [-0.3, -0.25) is 9.59 Å². The van der Waals surface area contributed by atoms with Gasteiger partial charge in [0.25, 0.3) is 5.92 Å². The van der Waals surface area contributed by atoms with Crippen LogP contribution in [0.1, 0.15) is 37.0 Å². The first-order valence-corrected chi connectivity index (χ1v) is 15.8. The highest BCUT2D eigenvalue weighted by Crippen LogP contribution is 2.39. The van der Waals surface area contributed by atoms with Gasteiger partial charge in [0.05, 0.1) is 39.1 Å². The number of carbonyl (C=O) groups is 2. The lowest BCUT2D eigenvalue weighted by Crippen LogP contribution is -2.69. The Morgan fingerprint density at radius 1 is 0.848 bits per heavy atom. The number of benzene rings is 3. The molecular formula is C35H41F2NO7S. The number of nitrogens with one attached hydrogen (secondary N) is 1. The van der Waals surface area contributed by atoms with E-state index in [0.29, 0.717) is 0 Å². The molecule has 46 heavy (non-hydrogen) atoms. The molecule has 0 bridgehead atoms. The number of thiol groups is 1. The minimum Gasteiger partial charge on any atom is -0.465 e. The third-order valence-electron chi connectivity index (χ3n) is 7.47. The molecule has 0 aromatic heterocycles. The molecule has 1 aliphatic heterocycles. The van der Waals surface area contributed by atoms with Crippen LogP contribution in [0.4, 0.5) is 8.78 Å². The van der Waals surface area contributed by atoms with Crippen molar-refractivity contribution in [2.45, 2.75) is 81.7 Å². The molecule has 3 aromatic carbocycles. The lowest BCUT2D eigenvalue weighted by Gasteiger charge is -2.48. The summed E-state index contributed by atoms with van der Waals surface area (Å²) < 4.78 is 62.4. The highest BCUT2D eigenvalue weighted by atomic mass is 32.1. The summed E-state index contributed by atoms with van der Waals surface area (Å²) >= 11 is 4.12. The van der Waals surface area contributed by atoms with E-state index in [0.717, 1.165) is 16.7 Å². The van der Waals surface area contributed by atoms with Crippen molar-refractivity contribution in [3.8, 4) is 0 Å². The van der Waals surface area contributed by atoms with Crippen molar-refractivity contribution < 1.29 is 42.1 Å². The van der Waals surface area contributed by atoms with Crippen molar-refractivity contribution in [3.05, 3.63) is 108 Å². The molecule has 0 aliphatic carbocycles. The first-order valence-electron chi connectivity index (χ1n) is 15.3. The largest absolute Gasteiger partial charge is 0.465 e. The Morgan fingerprint density at radius 3 is 1.85 bits per heavy atom. The van der Waals surface area contributed by atoms with Crippen molar-refractivity contribution >= 4 is 24.5 Å². The van der Waals surface area contributed by atoms with Gasteiger partial charge in [0.1, 0.15) is 29.7 Å². The summed E-state index contributed by atoms with van der Waals surface area (Å²) in [6.07, 6.45) is -5.96. The Hall–Kier alpha value is -3.35. The van der Waals surface area contributed by atoms with Crippen LogP contribution >= 0.6 is 12.6 Å². The normalized spacial score (nSPS) is 22.2. The molecule has 1 heterocycles. The van der Waals surface area contributed by atoms with Crippen molar-refractivity contribution in [2.75, 3.05) is 13.2 Å². The van der Waals surface area contributed by atoms with Gasteiger partial charge in [-0.05, 0) is 23.6 Å². The van der Waals surface area contributed by atoms with E-state index in [1.165, 1.54) is 6.92 Å². The van der Waals surface area contributed by atoms with Crippen LogP contribution in [-0.2, 0) is 53.1 Å². The van der Waals surface area contributed by atoms with Gasteiger partial charge in [0.2, 0.25) is 5.91 Å². The molecule has 0 radical (unpaired) electrons. The van der Waals surface area contributed by atoms with E-state index >= 15 is 8.78 Å². The summed E-state index contributed by atoms with van der Waals surface area (Å²) in [6.45, 7) is 3.12. The summed E-state index contributed by atoms with van der Waals surface area (Å²) in [5.41, 5.74) is 2.54. The van der Waals surface area contributed by atoms with Crippen LogP contribution in [0.2, 0.25) is 0 Å². The third-order valence-corrected chi connectivity index (χ3v) is 7.86. The lowest BCUT2D eigenvalue weighted by atomic mass is 9.87. The second-order valence-electron chi connectivity index (χ2n) is 11.1. The quantitative estimate of drug-likeness (QED) is 0.155. The van der Waals surface area contributed by atoms with E-state index in [2.05, 4.69) is 17.9 Å². The molecule has 8 nitrogen and oxygen atoms in total. The average Bonchev–Trinajstić information content (AvgIpc) is 3.04. The van der Waals surface area contributed by atoms with Gasteiger partial charge < -0.3 is 29.0 Å². The molecule has 3 aromatic rings. The molecule has 6 atom stereocenters. The number of esters is 1. The number of carbonyl (C=O) groups excluding carboxylic acids is 2. The van der Waals surface area contributed by atoms with Gasteiger partial charge in [-0.15, -0.1) is 0 Å². The smallest absolute Gasteiger partial charge is 0.319 e. The van der Waals surface area contributed by atoms with Crippen LogP contribution in [0.15, 0.2) is 91.0 Å². The third kappa shape index (κ3) is 10.3.